The van der Waals surface area contributed by atoms with Crippen molar-refractivity contribution in [3.8, 4) is 74.1 Å². The lowest BCUT2D eigenvalue weighted by Gasteiger charge is -2.25. The Morgan fingerprint density at radius 2 is 0.879 bits per heavy atom. The van der Waals surface area contributed by atoms with E-state index in [4.69, 9.17) is 95.8 Å². The van der Waals surface area contributed by atoms with Gasteiger partial charge in [-0.15, -0.1) is 38.5 Å². The lowest BCUT2D eigenvalue weighted by atomic mass is 9.87. The smallest absolute Gasteiger partial charge is 0.312 e. The van der Waals surface area contributed by atoms with Crippen LogP contribution in [0.5, 0.6) is 0 Å². The Labute approximate surface area is 576 Å². The molecule has 32 heteroatoms. The van der Waals surface area contributed by atoms with E-state index >= 15 is 0 Å². The first-order valence-corrected chi connectivity index (χ1v) is 31.1. The molecule has 0 saturated carbocycles. The number of carbonyl (C=O) groups excluding carboxylic acids is 2. The largest absolute Gasteiger partial charge is 0.446 e. The molecule has 6 aliphatic heterocycles. The van der Waals surface area contributed by atoms with Gasteiger partial charge in [0.05, 0.1) is 44.1 Å². The summed E-state index contributed by atoms with van der Waals surface area (Å²) in [5, 5.41) is 48.2. The molecule has 99 heavy (non-hydrogen) atoms. The number of nitrogens with two attached hydrogens (primary N) is 3. The number of fused-ring (bicyclic) bond motifs is 3. The number of imidazole rings is 3. The number of anilines is 3. The highest BCUT2D eigenvalue weighted by molar-refractivity contribution is 5.83. The fraction of sp³-hybridized carbons (Fsp3) is 0.567. The maximum Gasteiger partial charge on any atom is 0.312 e. The number of hydrogen-bond donors (Lipinski definition) is 8. The number of cyclic esters (lactones) is 1. The Kier molecular flexibility index (Phi) is 22.0. The van der Waals surface area contributed by atoms with Crippen LogP contribution in [-0.2, 0) is 42.7 Å². The summed E-state index contributed by atoms with van der Waals surface area (Å²) in [7, 11) is 0. The molecule has 12 rings (SSSR count). The van der Waals surface area contributed by atoms with E-state index < -0.39 is 114 Å². The van der Waals surface area contributed by atoms with Crippen molar-refractivity contribution in [2.75, 3.05) is 30.4 Å². The molecule has 6 aliphatic rings. The van der Waals surface area contributed by atoms with Gasteiger partial charge in [-0.3, -0.25) is 23.3 Å². The number of ether oxygens (including phenoxy) is 7. The number of nitrogens with zero attached hydrogens (tertiary/aromatic N) is 12. The van der Waals surface area contributed by atoms with Gasteiger partial charge in [-0.05, 0) is 32.1 Å². The van der Waals surface area contributed by atoms with Crippen molar-refractivity contribution in [3.63, 3.8) is 0 Å². The predicted octanol–water partition coefficient (Wildman–Crippen LogP) is 4.48. The van der Waals surface area contributed by atoms with Crippen LogP contribution in [-0.4, -0.2) is 168 Å². The van der Waals surface area contributed by atoms with Gasteiger partial charge in [0.15, 0.2) is 74.0 Å². The van der Waals surface area contributed by atoms with Crippen molar-refractivity contribution >= 4 is 62.9 Å². The molecule has 0 aliphatic carbocycles. The van der Waals surface area contributed by atoms with E-state index in [0.29, 0.717) is 44.9 Å². The quantitative estimate of drug-likeness (QED) is 0.0532. The number of carbonyl (C=O) groups is 2. The van der Waals surface area contributed by atoms with Gasteiger partial charge in [-0.25, -0.2) is 15.0 Å². The Morgan fingerprint density at radius 1 is 0.545 bits per heavy atom. The Morgan fingerprint density at radius 3 is 1.14 bits per heavy atom. The summed E-state index contributed by atoms with van der Waals surface area (Å²) in [6.07, 6.45) is 24.8. The van der Waals surface area contributed by atoms with Crippen LogP contribution in [0.3, 0.4) is 0 Å². The first-order chi connectivity index (χ1) is 48.5. The van der Waals surface area contributed by atoms with Crippen LogP contribution in [0.4, 0.5) is 30.6 Å². The Hall–Kier alpha value is -9.26. The van der Waals surface area contributed by atoms with Gasteiger partial charge in [-0.1, -0.05) is 90.9 Å². The van der Waals surface area contributed by atoms with Crippen molar-refractivity contribution in [1.82, 2.24) is 58.6 Å². The minimum atomic E-state index is -1.92. The molecule has 0 radical (unpaired) electrons. The third-order valence-corrected chi connectivity index (χ3v) is 18.0. The molecule has 0 bridgehead atoms. The number of aliphatic hydroxyl groups is 5. The van der Waals surface area contributed by atoms with Crippen LogP contribution in [0, 0.1) is 116 Å². The summed E-state index contributed by atoms with van der Waals surface area (Å²) in [6, 6.07) is 0. The highest BCUT2D eigenvalue weighted by atomic mass is 19.1. The van der Waals surface area contributed by atoms with Gasteiger partial charge in [0.2, 0.25) is 6.27 Å². The van der Waals surface area contributed by atoms with Crippen molar-refractivity contribution in [3.05, 3.63) is 37.2 Å². The fourth-order valence-electron chi connectivity index (χ4n) is 11.7. The highest BCUT2D eigenvalue weighted by Crippen LogP contribution is 2.45. The number of rotatable bonds is 10. The topological polar surface area (TPSA) is 409 Å². The highest BCUT2D eigenvalue weighted by Gasteiger charge is 2.51. The molecule has 0 amide bonds. The number of terminal acetylenes is 6. The summed E-state index contributed by atoms with van der Waals surface area (Å²) < 4.78 is 121. The SMILES string of the molecule is C#C[C@]1(CC)OC(=O)C[C@@H]1C.[2H]C1(O)C[C@H](C)[C@@](C#C)(CC)O1.[2H]C1(OC(C)=O)C[C@H](C)[C@@](C#C)(CC)O1.[2H][C@]1(n2cnc3c(N)nc(F)nc32)C[C@H](C)[C@@](C#C)(CC)O1.[2H][C@]1(n2cnc3c(N)nc(F)nc32)C[C@H](O)[C@@](C#C)(CO)O1.[2H][C@]1(n2cnc3c(N)nc(F)nc32)C[C@H](O)[C@@](C#C)(CO)O1. The van der Waals surface area contributed by atoms with E-state index in [2.05, 4.69) is 80.4 Å². The maximum atomic E-state index is 13.5. The van der Waals surface area contributed by atoms with Crippen LogP contribution >= 0.6 is 0 Å². The van der Waals surface area contributed by atoms with Gasteiger partial charge >= 0.3 is 30.2 Å². The lowest BCUT2D eigenvalue weighted by molar-refractivity contribution is -0.179. The van der Waals surface area contributed by atoms with Crippen LogP contribution in [0.15, 0.2) is 19.0 Å². The summed E-state index contributed by atoms with van der Waals surface area (Å²) in [5.74, 6) is 13.7. The molecule has 6 aromatic rings. The molecule has 530 valence electrons. The molecular formula is C67H82F3N15O14. The molecule has 0 aromatic carbocycles. The summed E-state index contributed by atoms with van der Waals surface area (Å²) in [5.41, 5.74) is 10.7. The molecule has 11 N–H and O–H groups in total. The average Bonchev–Trinajstić information content (AvgIpc) is 1.59. The fourth-order valence-corrected chi connectivity index (χ4v) is 11.7. The first-order valence-electron chi connectivity index (χ1n) is 33.6. The van der Waals surface area contributed by atoms with Gasteiger partial charge in [0, 0.05) is 56.3 Å². The van der Waals surface area contributed by atoms with Gasteiger partial charge in [0.1, 0.15) is 49.0 Å². The standard InChI is InChI=1S/C14H16FN5O.2C12H12FN5O3.C11H16O3.C9H14O2.C9H12O2/c1-4-14(5-2)8(3)6-9(21-14)20-7-17-10-11(16)18-13(15)19-12(10)20;2*1-2-12(4-19)6(20)3-7(21-12)18-5-15-8-9(14)16-11(13)17-10(8)18;1-5-11(6-2)8(3)7-10(14-11)13-9(4)12;2*1-4-9(5-2)7(3)6-8(10)11-9/h1,7-9H,5-6H2,2-3H3,(H2,16,18,19);2*1,5-7,19-20H,3-4H2,(H2,14,16,17);1,8,10H,6-7H2,2-4H3;1,7-8,10H,5-6H2,2-3H3;1,7H,5-6H2,2-3H3/t8-,9+,14+;2*6-,7+,12+;8-,10?,11+;7-,8?,9+;7-,9+/m000000/s1/i9D;2*7D;10D;8D;. The van der Waals surface area contributed by atoms with Crippen LogP contribution in [0.2, 0.25) is 0 Å². The van der Waals surface area contributed by atoms with Crippen molar-refractivity contribution < 1.29 is 88.3 Å². The van der Waals surface area contributed by atoms with Gasteiger partial charge in [0.25, 0.3) is 0 Å². The number of nitrogen functional groups attached to an aromatic ring is 3. The summed E-state index contributed by atoms with van der Waals surface area (Å²) >= 11 is 0. The third-order valence-electron chi connectivity index (χ3n) is 18.0. The molecule has 6 aromatic heterocycles. The van der Waals surface area contributed by atoms with Crippen LogP contribution < -0.4 is 17.2 Å². The number of aliphatic hydroxyl groups excluding tert-OH is 4. The van der Waals surface area contributed by atoms with Crippen molar-refractivity contribution in [2.24, 2.45) is 23.7 Å². The van der Waals surface area contributed by atoms with Gasteiger partial charge in [-0.2, -0.15) is 43.1 Å². The zero-order valence-corrected chi connectivity index (χ0v) is 55.8. The number of esters is 2. The molecule has 12 heterocycles. The lowest BCUT2D eigenvalue weighted by Crippen LogP contribution is -2.41. The first kappa shape index (κ1) is 69.6. The van der Waals surface area contributed by atoms with Crippen molar-refractivity contribution in [1.29, 1.82) is 0 Å². The second-order valence-corrected chi connectivity index (χ2v) is 23.8. The molecule has 29 nitrogen and oxygen atoms in total. The molecular weight excluding hydrogens is 1300 g/mol. The monoisotopic (exact) mass is 1380 g/mol. The molecule has 2 unspecified atom stereocenters. The summed E-state index contributed by atoms with van der Waals surface area (Å²) in [6.45, 7) is 15.2. The number of hydrogen-bond acceptors (Lipinski definition) is 26. The zero-order valence-electron chi connectivity index (χ0n) is 60.8. The van der Waals surface area contributed by atoms with Crippen LogP contribution in [0.25, 0.3) is 33.5 Å². The minimum absolute atomic E-state index is 0.00403. The van der Waals surface area contributed by atoms with Gasteiger partial charge < -0.3 is 75.9 Å². The van der Waals surface area contributed by atoms with E-state index in [1.165, 1.54) is 30.5 Å². The Balaban J connectivity index is 0.000000178. The third kappa shape index (κ3) is 15.5. The second-order valence-electron chi connectivity index (χ2n) is 23.8. The molecule has 0 spiro atoms. The second kappa shape index (κ2) is 31.3. The normalized spacial score (nSPS) is 36.9. The van der Waals surface area contributed by atoms with E-state index in [0.717, 1.165) is 9.13 Å². The zero-order chi connectivity index (χ0) is 77.9. The van der Waals surface area contributed by atoms with E-state index in [1.54, 1.807) is 0 Å². The van der Waals surface area contributed by atoms with Crippen molar-refractivity contribution in [2.45, 2.75) is 203 Å². The van der Waals surface area contributed by atoms with E-state index in [-0.39, 0.29) is 99.8 Å². The average molecular weight is 1380 g/mol. The molecule has 6 fully saturated rings. The number of halogens is 3. The maximum absolute atomic E-state index is 13.5. The van der Waals surface area contributed by atoms with E-state index in [9.17, 15) is 48.3 Å². The summed E-state index contributed by atoms with van der Waals surface area (Å²) in [4.78, 5) is 54.5. The molecule has 17 atom stereocenters. The predicted molar refractivity (Wildman–Crippen MR) is 350 cm³/mol. The number of aromatic nitrogens is 12. The van der Waals surface area contributed by atoms with Crippen LogP contribution in [0.1, 0.15) is 152 Å². The Bertz CT molecular complexity index is 4170. The minimum Gasteiger partial charge on any atom is -0.446 e. The van der Waals surface area contributed by atoms with E-state index in [1.807, 2.05) is 55.4 Å². The molecule has 6 saturated heterocycles.